The zero-order chi connectivity index (χ0) is 15.2. The van der Waals surface area contributed by atoms with E-state index in [1.165, 1.54) is 38.5 Å². The normalized spacial score (nSPS) is 22.7. The van der Waals surface area contributed by atoms with Crippen molar-refractivity contribution in [1.82, 2.24) is 9.80 Å². The van der Waals surface area contributed by atoms with Crippen molar-refractivity contribution in [2.75, 3.05) is 32.7 Å². The summed E-state index contributed by atoms with van der Waals surface area (Å²) in [5, 5.41) is 0. The number of piperidine rings is 2. The topological polar surface area (TPSA) is 58.0 Å². The third-order valence-electron chi connectivity index (χ3n) is 4.81. The van der Waals surface area contributed by atoms with Crippen LogP contribution in [0.3, 0.4) is 0 Å². The molecule has 2 fully saturated rings. The molecule has 2 N–H and O–H groups in total. The van der Waals surface area contributed by atoms with E-state index in [-0.39, 0.29) is 6.04 Å². The number of nitrogens with zero attached hydrogens (tertiary/aromatic N) is 3. The van der Waals surface area contributed by atoms with E-state index in [1.54, 1.807) is 6.26 Å². The van der Waals surface area contributed by atoms with Crippen LogP contribution < -0.4 is 5.73 Å². The first-order valence-corrected chi connectivity index (χ1v) is 8.67. The van der Waals surface area contributed by atoms with Crippen molar-refractivity contribution in [1.29, 1.82) is 0 Å². The van der Waals surface area contributed by atoms with Gasteiger partial charge in [0.15, 0.2) is 5.96 Å². The monoisotopic (exact) mass is 304 g/mol. The SMILES string of the molecule is NC(=NCC(c1ccco1)N1CCCCC1)N1CCCCC1. The van der Waals surface area contributed by atoms with Gasteiger partial charge in [-0.05, 0) is 57.3 Å². The molecule has 2 aliphatic heterocycles. The molecule has 22 heavy (non-hydrogen) atoms. The molecule has 1 aromatic heterocycles. The molecule has 5 nitrogen and oxygen atoms in total. The van der Waals surface area contributed by atoms with Crippen LogP contribution in [0.2, 0.25) is 0 Å². The number of aliphatic imine (C=N–C) groups is 1. The number of likely N-dealkylation sites (tertiary alicyclic amines) is 2. The van der Waals surface area contributed by atoms with E-state index >= 15 is 0 Å². The second kappa shape index (κ2) is 7.68. The minimum atomic E-state index is 0.221. The standard InChI is InChI=1S/C17H28N4O/c18-17(21-11-5-2-6-12-21)19-14-15(16-8-7-13-22-16)20-9-3-1-4-10-20/h7-8,13,15H,1-6,9-12,14H2,(H2,18,19). The van der Waals surface area contributed by atoms with Crippen LogP contribution >= 0.6 is 0 Å². The minimum absolute atomic E-state index is 0.221. The van der Waals surface area contributed by atoms with Gasteiger partial charge < -0.3 is 15.1 Å². The lowest BCUT2D eigenvalue weighted by atomic mass is 10.1. The van der Waals surface area contributed by atoms with Crippen LogP contribution in [0.5, 0.6) is 0 Å². The van der Waals surface area contributed by atoms with Crippen LogP contribution in [-0.2, 0) is 0 Å². The molecule has 122 valence electrons. The summed E-state index contributed by atoms with van der Waals surface area (Å²) in [6, 6.07) is 4.24. The molecule has 0 spiro atoms. The molecule has 2 saturated heterocycles. The van der Waals surface area contributed by atoms with Gasteiger partial charge in [-0.2, -0.15) is 0 Å². The molecule has 1 unspecified atom stereocenters. The van der Waals surface area contributed by atoms with Crippen molar-refractivity contribution in [3.8, 4) is 0 Å². The summed E-state index contributed by atoms with van der Waals surface area (Å²) in [4.78, 5) is 9.41. The van der Waals surface area contributed by atoms with Gasteiger partial charge in [0.2, 0.25) is 0 Å². The summed E-state index contributed by atoms with van der Waals surface area (Å²) in [6.45, 7) is 5.04. The Bertz CT molecular complexity index is 459. The third kappa shape index (κ3) is 3.83. The van der Waals surface area contributed by atoms with Crippen LogP contribution in [0.1, 0.15) is 50.3 Å². The van der Waals surface area contributed by atoms with E-state index in [9.17, 15) is 0 Å². The summed E-state index contributed by atoms with van der Waals surface area (Å²) in [5.74, 6) is 1.71. The smallest absolute Gasteiger partial charge is 0.191 e. The molecular weight excluding hydrogens is 276 g/mol. The van der Waals surface area contributed by atoms with Gasteiger partial charge in [0.25, 0.3) is 0 Å². The fourth-order valence-corrected chi connectivity index (χ4v) is 3.50. The molecule has 1 aromatic rings. The van der Waals surface area contributed by atoms with Gasteiger partial charge in [-0.3, -0.25) is 9.89 Å². The van der Waals surface area contributed by atoms with Gasteiger partial charge in [0.1, 0.15) is 5.76 Å². The lowest BCUT2D eigenvalue weighted by Gasteiger charge is -2.33. The average molecular weight is 304 g/mol. The molecule has 5 heteroatoms. The molecule has 3 heterocycles. The third-order valence-corrected chi connectivity index (χ3v) is 4.81. The average Bonchev–Trinajstić information content (AvgIpc) is 3.11. The molecule has 0 aliphatic carbocycles. The van der Waals surface area contributed by atoms with Crippen LogP contribution in [-0.4, -0.2) is 48.5 Å². The van der Waals surface area contributed by atoms with Gasteiger partial charge in [-0.25, -0.2) is 0 Å². The van der Waals surface area contributed by atoms with E-state index < -0.39 is 0 Å². The Morgan fingerprint density at radius 3 is 2.41 bits per heavy atom. The molecule has 0 radical (unpaired) electrons. The predicted molar refractivity (Wildman–Crippen MR) is 88.8 cm³/mol. The number of hydrogen-bond donors (Lipinski definition) is 1. The maximum Gasteiger partial charge on any atom is 0.191 e. The van der Waals surface area contributed by atoms with Crippen molar-refractivity contribution in [3.05, 3.63) is 24.2 Å². The summed E-state index contributed by atoms with van der Waals surface area (Å²) in [5.41, 5.74) is 6.21. The summed E-state index contributed by atoms with van der Waals surface area (Å²) >= 11 is 0. The molecule has 1 atom stereocenters. The summed E-state index contributed by atoms with van der Waals surface area (Å²) in [6.07, 6.45) is 9.39. The van der Waals surface area contributed by atoms with Crippen molar-refractivity contribution < 1.29 is 4.42 Å². The van der Waals surface area contributed by atoms with Gasteiger partial charge in [-0.1, -0.05) is 6.42 Å². The molecular formula is C17H28N4O. The Hall–Kier alpha value is -1.49. The van der Waals surface area contributed by atoms with Crippen LogP contribution in [0, 0.1) is 0 Å². The van der Waals surface area contributed by atoms with Crippen LogP contribution in [0.15, 0.2) is 27.8 Å². The summed E-state index contributed by atoms with van der Waals surface area (Å²) < 4.78 is 5.66. The van der Waals surface area contributed by atoms with E-state index in [1.807, 2.05) is 6.07 Å². The first kappa shape index (κ1) is 15.4. The molecule has 2 aliphatic rings. The second-order valence-corrected chi connectivity index (χ2v) is 6.37. The Balaban J connectivity index is 1.66. The molecule has 0 saturated carbocycles. The van der Waals surface area contributed by atoms with Crippen LogP contribution in [0.4, 0.5) is 0 Å². The Kier molecular flexibility index (Phi) is 5.38. The minimum Gasteiger partial charge on any atom is -0.468 e. The maximum atomic E-state index is 6.21. The predicted octanol–water partition coefficient (Wildman–Crippen LogP) is 2.61. The quantitative estimate of drug-likeness (QED) is 0.686. The number of hydrogen-bond acceptors (Lipinski definition) is 3. The van der Waals surface area contributed by atoms with E-state index in [2.05, 4.69) is 15.9 Å². The Labute approximate surface area is 133 Å². The largest absolute Gasteiger partial charge is 0.468 e. The number of rotatable bonds is 4. The number of guanidine groups is 1. The van der Waals surface area contributed by atoms with Crippen molar-refractivity contribution >= 4 is 5.96 Å². The van der Waals surface area contributed by atoms with Gasteiger partial charge in [0.05, 0.1) is 18.8 Å². The maximum absolute atomic E-state index is 6.21. The van der Waals surface area contributed by atoms with Crippen molar-refractivity contribution in [3.63, 3.8) is 0 Å². The van der Waals surface area contributed by atoms with E-state index in [4.69, 9.17) is 15.1 Å². The highest BCUT2D eigenvalue weighted by atomic mass is 16.3. The number of furan rings is 1. The lowest BCUT2D eigenvalue weighted by molar-refractivity contribution is 0.150. The van der Waals surface area contributed by atoms with E-state index in [0.717, 1.165) is 31.9 Å². The molecule has 3 rings (SSSR count). The van der Waals surface area contributed by atoms with E-state index in [0.29, 0.717) is 12.5 Å². The fraction of sp³-hybridized carbons (Fsp3) is 0.706. The lowest BCUT2D eigenvalue weighted by Crippen LogP contribution is -2.42. The zero-order valence-electron chi connectivity index (χ0n) is 13.4. The van der Waals surface area contributed by atoms with Gasteiger partial charge >= 0.3 is 0 Å². The van der Waals surface area contributed by atoms with Crippen molar-refractivity contribution in [2.24, 2.45) is 10.7 Å². The molecule has 0 amide bonds. The second-order valence-electron chi connectivity index (χ2n) is 6.37. The highest BCUT2D eigenvalue weighted by Gasteiger charge is 2.24. The van der Waals surface area contributed by atoms with Gasteiger partial charge in [0, 0.05) is 13.1 Å². The molecule has 0 aromatic carbocycles. The Morgan fingerprint density at radius 1 is 1.09 bits per heavy atom. The fourth-order valence-electron chi connectivity index (χ4n) is 3.50. The van der Waals surface area contributed by atoms with Crippen LogP contribution in [0.25, 0.3) is 0 Å². The zero-order valence-corrected chi connectivity index (χ0v) is 13.4. The Morgan fingerprint density at radius 2 is 1.77 bits per heavy atom. The number of nitrogens with two attached hydrogens (primary N) is 1. The van der Waals surface area contributed by atoms with Crippen molar-refractivity contribution in [2.45, 2.75) is 44.6 Å². The van der Waals surface area contributed by atoms with Gasteiger partial charge in [-0.15, -0.1) is 0 Å². The highest BCUT2D eigenvalue weighted by Crippen LogP contribution is 2.25. The summed E-state index contributed by atoms with van der Waals surface area (Å²) in [7, 11) is 0. The molecule has 0 bridgehead atoms. The highest BCUT2D eigenvalue weighted by molar-refractivity contribution is 5.78. The first-order chi connectivity index (χ1) is 10.8. The first-order valence-electron chi connectivity index (χ1n) is 8.67.